The van der Waals surface area contributed by atoms with E-state index in [1.165, 1.54) is 12.2 Å². The number of rotatable bonds is 5. The molecule has 0 spiro atoms. The zero-order valence-corrected chi connectivity index (χ0v) is 14.6. The summed E-state index contributed by atoms with van der Waals surface area (Å²) in [6, 6.07) is 14.7. The number of aromatic nitrogens is 3. The van der Waals surface area contributed by atoms with Crippen molar-refractivity contribution >= 4 is 17.5 Å². The molecule has 1 aliphatic heterocycles. The molecule has 0 aliphatic carbocycles. The summed E-state index contributed by atoms with van der Waals surface area (Å²) in [7, 11) is 0. The maximum atomic E-state index is 11.7. The van der Waals surface area contributed by atoms with Crippen LogP contribution >= 0.6 is 0 Å². The van der Waals surface area contributed by atoms with E-state index >= 15 is 0 Å². The minimum absolute atomic E-state index is 0.258. The number of benzene rings is 2. The SMILES string of the molecule is Cc1ccccc1-n1cc(COc2ccc(N3C(=O)C=CC3=O)cc2)nn1. The number of carbonyl (C=O) groups excluding carboxylic acids is 2. The third-order valence-electron chi connectivity index (χ3n) is 4.19. The summed E-state index contributed by atoms with van der Waals surface area (Å²) in [5.74, 6) is -0.0841. The molecule has 27 heavy (non-hydrogen) atoms. The van der Waals surface area contributed by atoms with Crippen molar-refractivity contribution in [3.05, 3.63) is 78.1 Å². The fourth-order valence-electron chi connectivity index (χ4n) is 2.81. The summed E-state index contributed by atoms with van der Waals surface area (Å²) in [6.07, 6.45) is 4.33. The maximum Gasteiger partial charge on any atom is 0.258 e. The lowest BCUT2D eigenvalue weighted by Crippen LogP contribution is -2.29. The van der Waals surface area contributed by atoms with Gasteiger partial charge in [-0.25, -0.2) is 9.58 Å². The van der Waals surface area contributed by atoms with Crippen LogP contribution in [0.15, 0.2) is 66.9 Å². The van der Waals surface area contributed by atoms with Crippen molar-refractivity contribution in [2.75, 3.05) is 4.90 Å². The fraction of sp³-hybridized carbons (Fsp3) is 0.100. The van der Waals surface area contributed by atoms with Crippen molar-refractivity contribution in [1.29, 1.82) is 0 Å². The van der Waals surface area contributed by atoms with Crippen LogP contribution in [0.2, 0.25) is 0 Å². The number of nitrogens with zero attached hydrogens (tertiary/aromatic N) is 4. The van der Waals surface area contributed by atoms with E-state index in [0.29, 0.717) is 17.1 Å². The van der Waals surface area contributed by atoms with Crippen molar-refractivity contribution in [2.24, 2.45) is 0 Å². The maximum absolute atomic E-state index is 11.7. The minimum Gasteiger partial charge on any atom is -0.487 e. The summed E-state index contributed by atoms with van der Waals surface area (Å²) in [5, 5.41) is 8.27. The molecule has 0 N–H and O–H groups in total. The molecule has 2 heterocycles. The molecule has 3 aromatic rings. The van der Waals surface area contributed by atoms with Gasteiger partial charge in [-0.1, -0.05) is 23.4 Å². The molecule has 7 heteroatoms. The van der Waals surface area contributed by atoms with Gasteiger partial charge in [-0.05, 0) is 42.8 Å². The molecule has 2 amide bonds. The molecule has 1 aromatic heterocycles. The van der Waals surface area contributed by atoms with E-state index in [-0.39, 0.29) is 18.4 Å². The highest BCUT2D eigenvalue weighted by molar-refractivity contribution is 6.28. The predicted octanol–water partition coefficient (Wildman–Crippen LogP) is 2.58. The van der Waals surface area contributed by atoms with Gasteiger partial charge in [0.2, 0.25) is 0 Å². The van der Waals surface area contributed by atoms with Crippen LogP contribution in [0.1, 0.15) is 11.3 Å². The van der Waals surface area contributed by atoms with Crippen LogP contribution in [0.4, 0.5) is 5.69 Å². The number of para-hydroxylation sites is 1. The van der Waals surface area contributed by atoms with Gasteiger partial charge in [-0.2, -0.15) is 0 Å². The molecule has 0 atom stereocenters. The predicted molar refractivity (Wildman–Crippen MR) is 98.5 cm³/mol. The van der Waals surface area contributed by atoms with Gasteiger partial charge in [0.15, 0.2) is 0 Å². The first-order valence-corrected chi connectivity index (χ1v) is 8.38. The van der Waals surface area contributed by atoms with Gasteiger partial charge in [0.1, 0.15) is 18.1 Å². The van der Waals surface area contributed by atoms with Crippen LogP contribution in [-0.2, 0) is 16.2 Å². The Morgan fingerprint density at radius 2 is 1.67 bits per heavy atom. The molecular formula is C20H16N4O3. The second-order valence-corrected chi connectivity index (χ2v) is 6.07. The zero-order valence-electron chi connectivity index (χ0n) is 14.6. The summed E-state index contributed by atoms with van der Waals surface area (Å²) in [6.45, 7) is 2.27. The molecule has 134 valence electrons. The number of hydrogen-bond acceptors (Lipinski definition) is 5. The highest BCUT2D eigenvalue weighted by atomic mass is 16.5. The molecule has 7 nitrogen and oxygen atoms in total. The number of imide groups is 1. The van der Waals surface area contributed by atoms with Crippen LogP contribution in [-0.4, -0.2) is 26.8 Å². The molecule has 2 aromatic carbocycles. The first-order chi connectivity index (χ1) is 13.1. The van der Waals surface area contributed by atoms with E-state index in [1.807, 2.05) is 37.4 Å². The summed E-state index contributed by atoms with van der Waals surface area (Å²) in [4.78, 5) is 24.5. The van der Waals surface area contributed by atoms with E-state index in [4.69, 9.17) is 4.74 Å². The largest absolute Gasteiger partial charge is 0.487 e. The van der Waals surface area contributed by atoms with Crippen molar-refractivity contribution in [2.45, 2.75) is 13.5 Å². The Bertz CT molecular complexity index is 1020. The van der Waals surface area contributed by atoms with Gasteiger partial charge in [-0.3, -0.25) is 9.59 Å². The number of hydrogen-bond donors (Lipinski definition) is 0. The Balaban J connectivity index is 1.42. The minimum atomic E-state index is -0.346. The molecule has 1 aliphatic rings. The highest BCUT2D eigenvalue weighted by Gasteiger charge is 2.24. The van der Waals surface area contributed by atoms with Crippen LogP contribution in [0.25, 0.3) is 5.69 Å². The van der Waals surface area contributed by atoms with Gasteiger partial charge in [0.25, 0.3) is 11.8 Å². The number of ether oxygens (including phenoxy) is 1. The molecule has 0 bridgehead atoms. The van der Waals surface area contributed by atoms with Crippen molar-refractivity contribution in [3.8, 4) is 11.4 Å². The Morgan fingerprint density at radius 3 is 2.37 bits per heavy atom. The molecule has 4 rings (SSSR count). The van der Waals surface area contributed by atoms with E-state index in [9.17, 15) is 9.59 Å². The normalized spacial score (nSPS) is 13.4. The number of aryl methyl sites for hydroxylation is 1. The lowest BCUT2D eigenvalue weighted by Gasteiger charge is -2.14. The Hall–Kier alpha value is -3.74. The fourth-order valence-corrected chi connectivity index (χ4v) is 2.81. The smallest absolute Gasteiger partial charge is 0.258 e. The van der Waals surface area contributed by atoms with Gasteiger partial charge in [0, 0.05) is 12.2 Å². The van der Waals surface area contributed by atoms with Gasteiger partial charge >= 0.3 is 0 Å². The Labute approximate surface area is 155 Å². The van der Waals surface area contributed by atoms with Crippen LogP contribution in [0.3, 0.4) is 0 Å². The van der Waals surface area contributed by atoms with Crippen molar-refractivity contribution in [3.63, 3.8) is 0 Å². The van der Waals surface area contributed by atoms with E-state index in [0.717, 1.165) is 16.2 Å². The monoisotopic (exact) mass is 360 g/mol. The van der Waals surface area contributed by atoms with E-state index in [2.05, 4.69) is 10.3 Å². The summed E-state index contributed by atoms with van der Waals surface area (Å²) < 4.78 is 7.44. The van der Waals surface area contributed by atoms with Crippen LogP contribution in [0.5, 0.6) is 5.75 Å². The third-order valence-corrected chi connectivity index (χ3v) is 4.19. The third kappa shape index (κ3) is 3.35. The second kappa shape index (κ2) is 6.87. The van der Waals surface area contributed by atoms with Gasteiger partial charge in [-0.15, -0.1) is 5.10 Å². The van der Waals surface area contributed by atoms with Crippen molar-refractivity contribution in [1.82, 2.24) is 15.0 Å². The number of anilines is 1. The topological polar surface area (TPSA) is 77.3 Å². The average molecular weight is 360 g/mol. The van der Waals surface area contributed by atoms with Gasteiger partial charge in [0.05, 0.1) is 17.6 Å². The molecule has 0 saturated heterocycles. The van der Waals surface area contributed by atoms with Gasteiger partial charge < -0.3 is 4.74 Å². The lowest BCUT2D eigenvalue weighted by molar-refractivity contribution is -0.119. The first-order valence-electron chi connectivity index (χ1n) is 8.38. The molecule has 0 radical (unpaired) electrons. The highest BCUT2D eigenvalue weighted by Crippen LogP contribution is 2.23. The number of amides is 2. The van der Waals surface area contributed by atoms with Crippen LogP contribution in [0, 0.1) is 6.92 Å². The molecular weight excluding hydrogens is 344 g/mol. The van der Waals surface area contributed by atoms with E-state index in [1.54, 1.807) is 28.9 Å². The average Bonchev–Trinajstić information content (AvgIpc) is 3.28. The first kappa shape index (κ1) is 16.7. The van der Waals surface area contributed by atoms with Crippen molar-refractivity contribution < 1.29 is 14.3 Å². The van der Waals surface area contributed by atoms with Crippen LogP contribution < -0.4 is 9.64 Å². The quantitative estimate of drug-likeness (QED) is 0.654. The molecule has 0 saturated carbocycles. The summed E-state index contributed by atoms with van der Waals surface area (Å²) in [5.41, 5.74) is 3.27. The zero-order chi connectivity index (χ0) is 18.8. The summed E-state index contributed by atoms with van der Waals surface area (Å²) >= 11 is 0. The number of carbonyl (C=O) groups is 2. The molecule has 0 fully saturated rings. The Kier molecular flexibility index (Phi) is 4.25. The molecule has 0 unspecified atom stereocenters. The standard InChI is InChI=1S/C20H16N4O3/c1-14-4-2-3-5-18(14)23-12-15(21-22-23)13-27-17-8-6-16(7-9-17)24-19(25)10-11-20(24)26/h2-12H,13H2,1H3. The second-order valence-electron chi connectivity index (χ2n) is 6.07. The van der Waals surface area contributed by atoms with E-state index < -0.39 is 0 Å². The lowest BCUT2D eigenvalue weighted by atomic mass is 10.2. The Morgan fingerprint density at radius 1 is 0.963 bits per heavy atom.